The summed E-state index contributed by atoms with van der Waals surface area (Å²) in [4.78, 5) is 5.15. The zero-order valence-corrected chi connectivity index (χ0v) is 13.4. The van der Waals surface area contributed by atoms with Crippen LogP contribution >= 0.6 is 12.2 Å². The van der Waals surface area contributed by atoms with Gasteiger partial charge in [-0.15, -0.1) is 5.10 Å². The van der Waals surface area contributed by atoms with E-state index in [0.29, 0.717) is 6.04 Å². The molecular weight excluding hydrogens is 282 g/mol. The lowest BCUT2D eigenvalue weighted by molar-refractivity contribution is 0.272. The van der Waals surface area contributed by atoms with Gasteiger partial charge in [-0.1, -0.05) is 12.8 Å². The van der Waals surface area contributed by atoms with Crippen LogP contribution in [0.5, 0.6) is 0 Å². The number of nitrogens with zero attached hydrogens (tertiary/aromatic N) is 4. The molecule has 0 spiro atoms. The van der Waals surface area contributed by atoms with Gasteiger partial charge in [-0.05, 0) is 50.9 Å². The van der Waals surface area contributed by atoms with E-state index in [1.54, 1.807) is 0 Å². The lowest BCUT2D eigenvalue weighted by Crippen LogP contribution is -2.38. The molecule has 2 saturated heterocycles. The molecule has 1 aromatic heterocycles. The highest BCUT2D eigenvalue weighted by Crippen LogP contribution is 2.33. The maximum atomic E-state index is 5.51. The fraction of sp³-hybridized carbons (Fsp3) is 0.867. The van der Waals surface area contributed by atoms with Crippen LogP contribution in [0.3, 0.4) is 0 Å². The molecule has 116 valence electrons. The predicted molar refractivity (Wildman–Crippen MR) is 86.3 cm³/mol. The van der Waals surface area contributed by atoms with E-state index in [-0.39, 0.29) is 0 Å². The minimum atomic E-state index is 0.564. The van der Waals surface area contributed by atoms with E-state index in [1.165, 1.54) is 58.0 Å². The number of aromatic amines is 1. The van der Waals surface area contributed by atoms with Gasteiger partial charge in [-0.25, -0.2) is 5.10 Å². The molecule has 5 nitrogen and oxygen atoms in total. The second kappa shape index (κ2) is 5.72. The van der Waals surface area contributed by atoms with Gasteiger partial charge >= 0.3 is 0 Å². The highest BCUT2D eigenvalue weighted by atomic mass is 32.1. The van der Waals surface area contributed by atoms with Gasteiger partial charge in [0.15, 0.2) is 4.77 Å². The third kappa shape index (κ3) is 2.52. The summed E-state index contributed by atoms with van der Waals surface area (Å²) < 4.78 is 3.12. The van der Waals surface area contributed by atoms with Gasteiger partial charge in [-0.2, -0.15) is 0 Å². The first-order valence-corrected chi connectivity index (χ1v) is 8.89. The van der Waals surface area contributed by atoms with Crippen molar-refractivity contribution in [2.75, 3.05) is 31.1 Å². The number of nitrogens with one attached hydrogen (secondary N) is 1. The fourth-order valence-corrected chi connectivity index (χ4v) is 4.68. The van der Waals surface area contributed by atoms with Crippen LogP contribution < -0.4 is 4.90 Å². The molecule has 1 aliphatic carbocycles. The molecule has 0 aromatic carbocycles. The first-order chi connectivity index (χ1) is 10.3. The number of H-pyrrole nitrogens is 1. The summed E-state index contributed by atoms with van der Waals surface area (Å²) >= 11 is 5.51. The average molecular weight is 307 g/mol. The molecule has 1 aromatic rings. The molecule has 1 saturated carbocycles. The Balaban J connectivity index is 1.61. The minimum Gasteiger partial charge on any atom is -0.339 e. The fourth-order valence-electron chi connectivity index (χ4n) is 4.40. The third-order valence-corrected chi connectivity index (χ3v) is 5.75. The predicted octanol–water partition coefficient (Wildman–Crippen LogP) is 2.73. The van der Waals surface area contributed by atoms with Crippen LogP contribution in [0.25, 0.3) is 0 Å². The number of anilines is 1. The second-order valence-electron chi connectivity index (χ2n) is 6.77. The Labute approximate surface area is 131 Å². The van der Waals surface area contributed by atoms with Crippen molar-refractivity contribution in [1.29, 1.82) is 0 Å². The first kappa shape index (κ1) is 13.8. The molecule has 2 aliphatic heterocycles. The van der Waals surface area contributed by atoms with Gasteiger partial charge in [0.25, 0.3) is 0 Å². The van der Waals surface area contributed by atoms with Crippen LogP contribution in [-0.4, -0.2) is 51.9 Å². The average Bonchev–Trinajstić information content (AvgIpc) is 3.18. The molecule has 0 radical (unpaired) electrons. The number of rotatable bonds is 2. The monoisotopic (exact) mass is 307 g/mol. The zero-order valence-electron chi connectivity index (χ0n) is 12.6. The molecular formula is C15H25N5S. The topological polar surface area (TPSA) is 40.1 Å². The Morgan fingerprint density at radius 1 is 0.952 bits per heavy atom. The number of aromatic nitrogens is 3. The van der Waals surface area contributed by atoms with Crippen molar-refractivity contribution in [3.05, 3.63) is 4.77 Å². The molecule has 0 amide bonds. The quantitative estimate of drug-likeness (QED) is 0.853. The third-order valence-electron chi connectivity index (χ3n) is 5.46. The van der Waals surface area contributed by atoms with Crippen LogP contribution in [-0.2, 0) is 0 Å². The Morgan fingerprint density at radius 2 is 1.71 bits per heavy atom. The van der Waals surface area contributed by atoms with Crippen molar-refractivity contribution >= 4 is 18.2 Å². The molecule has 1 N–H and O–H groups in total. The summed E-state index contributed by atoms with van der Waals surface area (Å²) in [5.41, 5.74) is 0. The van der Waals surface area contributed by atoms with Gasteiger partial charge in [0.2, 0.25) is 5.95 Å². The minimum absolute atomic E-state index is 0.564. The number of hydrogen-bond donors (Lipinski definition) is 1. The maximum absolute atomic E-state index is 5.51. The Morgan fingerprint density at radius 3 is 2.57 bits per heavy atom. The van der Waals surface area contributed by atoms with Crippen molar-refractivity contribution in [2.24, 2.45) is 0 Å². The van der Waals surface area contributed by atoms with Crippen LogP contribution in [0.1, 0.15) is 51.0 Å². The van der Waals surface area contributed by atoms with Crippen molar-refractivity contribution in [2.45, 2.75) is 57.0 Å². The van der Waals surface area contributed by atoms with E-state index in [9.17, 15) is 0 Å². The first-order valence-electron chi connectivity index (χ1n) is 8.49. The van der Waals surface area contributed by atoms with Crippen molar-refractivity contribution in [3.63, 3.8) is 0 Å². The van der Waals surface area contributed by atoms with E-state index in [0.717, 1.165) is 29.9 Å². The smallest absolute Gasteiger partial charge is 0.226 e. The summed E-state index contributed by atoms with van der Waals surface area (Å²) in [7, 11) is 0. The summed E-state index contributed by atoms with van der Waals surface area (Å²) in [6.45, 7) is 4.76. The second-order valence-corrected chi connectivity index (χ2v) is 7.16. The van der Waals surface area contributed by atoms with Crippen molar-refractivity contribution < 1.29 is 0 Å². The highest BCUT2D eigenvalue weighted by molar-refractivity contribution is 7.71. The standard InChI is InChI=1S/C15H25N5S/c21-15-17-16-14(20(15)12-5-1-2-6-12)19-10-4-9-18-8-3-7-13(18)11-19/h12-13H,1-11H2,(H,17,21). The summed E-state index contributed by atoms with van der Waals surface area (Å²) in [6, 6.07) is 1.28. The molecule has 3 fully saturated rings. The van der Waals surface area contributed by atoms with Crippen LogP contribution in [0, 0.1) is 4.77 Å². The number of hydrogen-bond acceptors (Lipinski definition) is 4. The molecule has 3 heterocycles. The molecule has 21 heavy (non-hydrogen) atoms. The van der Waals surface area contributed by atoms with Crippen LogP contribution in [0.2, 0.25) is 0 Å². The lowest BCUT2D eigenvalue weighted by atomic mass is 10.2. The van der Waals surface area contributed by atoms with Crippen molar-refractivity contribution in [3.8, 4) is 0 Å². The van der Waals surface area contributed by atoms with Gasteiger partial charge in [0.05, 0.1) is 0 Å². The summed E-state index contributed by atoms with van der Waals surface area (Å²) in [5.74, 6) is 1.10. The highest BCUT2D eigenvalue weighted by Gasteiger charge is 2.31. The zero-order chi connectivity index (χ0) is 14.2. The largest absolute Gasteiger partial charge is 0.339 e. The number of fused-ring (bicyclic) bond motifs is 1. The van der Waals surface area contributed by atoms with Gasteiger partial charge in [0.1, 0.15) is 0 Å². The van der Waals surface area contributed by atoms with Crippen LogP contribution in [0.4, 0.5) is 5.95 Å². The Hall–Kier alpha value is -0.880. The summed E-state index contributed by atoms with van der Waals surface area (Å²) in [5, 5.41) is 7.65. The molecule has 6 heteroatoms. The van der Waals surface area contributed by atoms with E-state index >= 15 is 0 Å². The molecule has 4 rings (SSSR count). The van der Waals surface area contributed by atoms with Gasteiger partial charge in [-0.3, -0.25) is 9.47 Å². The van der Waals surface area contributed by atoms with Gasteiger partial charge < -0.3 is 4.90 Å². The van der Waals surface area contributed by atoms with Gasteiger partial charge in [0, 0.05) is 31.7 Å². The summed E-state index contributed by atoms with van der Waals surface area (Å²) in [6.07, 6.45) is 9.09. The van der Waals surface area contributed by atoms with Crippen LogP contribution in [0.15, 0.2) is 0 Å². The molecule has 1 atom stereocenters. The Bertz CT molecular complexity index is 545. The van der Waals surface area contributed by atoms with E-state index in [2.05, 4.69) is 24.6 Å². The van der Waals surface area contributed by atoms with E-state index in [1.807, 2.05) is 0 Å². The molecule has 1 unspecified atom stereocenters. The SMILES string of the molecule is S=c1[nH]nc(N2CCCN3CCCC3C2)n1C1CCCC1. The van der Waals surface area contributed by atoms with Crippen molar-refractivity contribution in [1.82, 2.24) is 19.7 Å². The van der Waals surface area contributed by atoms with E-state index < -0.39 is 0 Å². The Kier molecular flexibility index (Phi) is 3.75. The normalized spacial score (nSPS) is 28.0. The molecule has 3 aliphatic rings. The maximum Gasteiger partial charge on any atom is 0.226 e. The molecule has 0 bridgehead atoms. The lowest BCUT2D eigenvalue weighted by Gasteiger charge is -2.27. The van der Waals surface area contributed by atoms with E-state index in [4.69, 9.17) is 12.2 Å².